The second-order valence-corrected chi connectivity index (χ2v) is 8.75. The van der Waals surface area contributed by atoms with Crippen LogP contribution in [0.5, 0.6) is 5.88 Å². The van der Waals surface area contributed by atoms with E-state index in [1.54, 1.807) is 4.52 Å². The second-order valence-electron chi connectivity index (χ2n) is 8.75. The minimum absolute atomic E-state index is 0.341. The number of aromatic nitrogens is 7. The third-order valence-corrected chi connectivity index (χ3v) is 6.39. The summed E-state index contributed by atoms with van der Waals surface area (Å²) in [6, 6.07) is 22.0. The number of hydrogen-bond donors (Lipinski definition) is 2. The first kappa shape index (κ1) is 22.3. The van der Waals surface area contributed by atoms with Crippen molar-refractivity contribution in [2.24, 2.45) is 0 Å². The Balaban J connectivity index is 1.40. The molecule has 1 fully saturated rings. The zero-order chi connectivity index (χ0) is 24.2. The van der Waals surface area contributed by atoms with Gasteiger partial charge in [0.05, 0.1) is 0 Å². The van der Waals surface area contributed by atoms with E-state index in [0.717, 1.165) is 55.8 Å². The normalized spacial score (nSPS) is 15.2. The van der Waals surface area contributed by atoms with Gasteiger partial charge in [-0.05, 0) is 11.6 Å². The second kappa shape index (κ2) is 10.2. The lowest BCUT2D eigenvalue weighted by Gasteiger charge is -2.28. The van der Waals surface area contributed by atoms with Crippen LogP contribution in [0.15, 0.2) is 73.1 Å². The van der Waals surface area contributed by atoms with Crippen LogP contribution in [0.1, 0.15) is 18.3 Å². The molecule has 36 heavy (non-hydrogen) atoms. The van der Waals surface area contributed by atoms with E-state index in [-0.39, 0.29) is 6.10 Å². The molecule has 182 valence electrons. The van der Waals surface area contributed by atoms with Crippen molar-refractivity contribution in [1.29, 1.82) is 0 Å². The molecule has 5 aromatic rings. The summed E-state index contributed by atoms with van der Waals surface area (Å²) in [5.74, 6) is 1.83. The van der Waals surface area contributed by atoms with Crippen LogP contribution < -0.4 is 10.1 Å². The highest BCUT2D eigenvalue weighted by molar-refractivity contribution is 5.73. The van der Waals surface area contributed by atoms with Gasteiger partial charge < -0.3 is 15.0 Å². The van der Waals surface area contributed by atoms with E-state index < -0.39 is 0 Å². The maximum atomic E-state index is 6.64. The van der Waals surface area contributed by atoms with Gasteiger partial charge in [0.15, 0.2) is 23.4 Å². The standard InChI is InChI=1S/C26H27N9O/c1-3-7-19(8-4-1)21-17-23-30-32-25(20-9-5-2-6-10-20)35(23)33-26(21)36-22(24-28-18-29-31-24)11-14-34-15-12-27-13-16-34/h1-10,17-18,22,27H,11-16H2,(H,28,29,31). The molecule has 0 amide bonds. The Labute approximate surface area is 208 Å². The molecular weight excluding hydrogens is 454 g/mol. The Morgan fingerprint density at radius 3 is 2.39 bits per heavy atom. The topological polar surface area (TPSA) is 109 Å². The molecule has 0 bridgehead atoms. The Bertz CT molecular complexity index is 1400. The largest absolute Gasteiger partial charge is 0.465 e. The average Bonchev–Trinajstić information content (AvgIpc) is 3.62. The van der Waals surface area contributed by atoms with Crippen molar-refractivity contribution in [3.05, 3.63) is 78.9 Å². The molecule has 0 aliphatic carbocycles. The summed E-state index contributed by atoms with van der Waals surface area (Å²) in [7, 11) is 0. The summed E-state index contributed by atoms with van der Waals surface area (Å²) >= 11 is 0. The van der Waals surface area contributed by atoms with Crippen molar-refractivity contribution in [3.63, 3.8) is 0 Å². The Hall–Kier alpha value is -4.15. The zero-order valence-electron chi connectivity index (χ0n) is 19.8. The summed E-state index contributed by atoms with van der Waals surface area (Å²) in [6.45, 7) is 4.92. The molecular formula is C26H27N9O. The molecule has 1 saturated heterocycles. The zero-order valence-corrected chi connectivity index (χ0v) is 19.8. The number of piperazine rings is 1. The van der Waals surface area contributed by atoms with Crippen LogP contribution in [0.4, 0.5) is 0 Å². The molecule has 4 heterocycles. The highest BCUT2D eigenvalue weighted by Crippen LogP contribution is 2.33. The molecule has 2 aromatic carbocycles. The Morgan fingerprint density at radius 2 is 1.67 bits per heavy atom. The van der Waals surface area contributed by atoms with Gasteiger partial charge in [-0.1, -0.05) is 60.7 Å². The van der Waals surface area contributed by atoms with Crippen LogP contribution >= 0.6 is 0 Å². The lowest BCUT2D eigenvalue weighted by Crippen LogP contribution is -2.44. The number of nitrogens with one attached hydrogen (secondary N) is 2. The lowest BCUT2D eigenvalue weighted by molar-refractivity contribution is 0.144. The third-order valence-electron chi connectivity index (χ3n) is 6.39. The minimum Gasteiger partial charge on any atom is -0.465 e. The molecule has 0 radical (unpaired) electrons. The molecule has 1 atom stereocenters. The fourth-order valence-electron chi connectivity index (χ4n) is 4.49. The fourth-order valence-corrected chi connectivity index (χ4v) is 4.49. The number of H-pyrrole nitrogens is 1. The number of ether oxygens (including phenoxy) is 1. The smallest absolute Gasteiger partial charge is 0.240 e. The van der Waals surface area contributed by atoms with Crippen LogP contribution in [0.3, 0.4) is 0 Å². The summed E-state index contributed by atoms with van der Waals surface area (Å²) in [5.41, 5.74) is 3.42. The van der Waals surface area contributed by atoms with Gasteiger partial charge in [0.25, 0.3) is 0 Å². The van der Waals surface area contributed by atoms with E-state index in [2.05, 4.69) is 35.6 Å². The first-order valence-corrected chi connectivity index (χ1v) is 12.2. The van der Waals surface area contributed by atoms with E-state index >= 15 is 0 Å². The highest BCUT2D eigenvalue weighted by atomic mass is 16.5. The van der Waals surface area contributed by atoms with Crippen molar-refractivity contribution in [2.75, 3.05) is 32.7 Å². The summed E-state index contributed by atoms with van der Waals surface area (Å²) in [4.78, 5) is 6.85. The van der Waals surface area contributed by atoms with Crippen LogP contribution in [0, 0.1) is 0 Å². The van der Waals surface area contributed by atoms with E-state index in [1.165, 1.54) is 6.33 Å². The van der Waals surface area contributed by atoms with E-state index in [4.69, 9.17) is 9.84 Å². The first-order chi connectivity index (χ1) is 17.8. The number of rotatable bonds is 8. The van der Waals surface area contributed by atoms with Gasteiger partial charge >= 0.3 is 0 Å². The summed E-state index contributed by atoms with van der Waals surface area (Å²) in [5, 5.41) is 24.2. The molecule has 10 heteroatoms. The van der Waals surface area contributed by atoms with Crippen molar-refractivity contribution in [2.45, 2.75) is 12.5 Å². The van der Waals surface area contributed by atoms with Crippen LogP contribution in [-0.4, -0.2) is 72.6 Å². The van der Waals surface area contributed by atoms with Crippen LogP contribution in [0.25, 0.3) is 28.2 Å². The van der Waals surface area contributed by atoms with Gasteiger partial charge in [-0.3, -0.25) is 5.10 Å². The molecule has 1 aliphatic heterocycles. The van der Waals surface area contributed by atoms with Crippen molar-refractivity contribution in [3.8, 4) is 28.4 Å². The maximum Gasteiger partial charge on any atom is 0.240 e. The molecule has 3 aromatic heterocycles. The van der Waals surface area contributed by atoms with Gasteiger partial charge in [0, 0.05) is 50.3 Å². The lowest BCUT2D eigenvalue weighted by atomic mass is 10.1. The molecule has 1 aliphatic rings. The van der Waals surface area contributed by atoms with Gasteiger partial charge in [-0.25, -0.2) is 4.98 Å². The number of nitrogens with zero attached hydrogens (tertiary/aromatic N) is 7. The Morgan fingerprint density at radius 1 is 0.917 bits per heavy atom. The van der Waals surface area contributed by atoms with Crippen molar-refractivity contribution >= 4 is 5.65 Å². The van der Waals surface area contributed by atoms with E-state index in [0.29, 0.717) is 23.2 Å². The third kappa shape index (κ3) is 4.68. The van der Waals surface area contributed by atoms with E-state index in [9.17, 15) is 0 Å². The van der Waals surface area contributed by atoms with Gasteiger partial charge in [0.1, 0.15) is 6.33 Å². The SMILES string of the molecule is c1ccc(-c2cc3nnc(-c4ccccc4)n3nc2OC(CCN2CCNCC2)c2ncn[nH]2)cc1. The number of aromatic amines is 1. The molecule has 6 rings (SSSR count). The fraction of sp³-hybridized carbons (Fsp3) is 0.269. The molecule has 10 nitrogen and oxygen atoms in total. The number of hydrogen-bond acceptors (Lipinski definition) is 8. The van der Waals surface area contributed by atoms with Crippen LogP contribution in [0.2, 0.25) is 0 Å². The summed E-state index contributed by atoms with van der Waals surface area (Å²) in [6.07, 6.45) is 1.92. The molecule has 2 N–H and O–H groups in total. The molecule has 0 spiro atoms. The van der Waals surface area contributed by atoms with E-state index in [1.807, 2.05) is 66.7 Å². The van der Waals surface area contributed by atoms with Crippen LogP contribution in [-0.2, 0) is 0 Å². The Kier molecular flexibility index (Phi) is 6.34. The predicted octanol–water partition coefficient (Wildman–Crippen LogP) is 2.99. The molecule has 1 unspecified atom stereocenters. The quantitative estimate of drug-likeness (QED) is 0.348. The monoisotopic (exact) mass is 481 g/mol. The van der Waals surface area contributed by atoms with Crippen molar-refractivity contribution < 1.29 is 4.74 Å². The minimum atomic E-state index is -0.341. The average molecular weight is 482 g/mol. The summed E-state index contributed by atoms with van der Waals surface area (Å²) < 4.78 is 8.38. The maximum absolute atomic E-state index is 6.64. The molecule has 0 saturated carbocycles. The van der Waals surface area contributed by atoms with Gasteiger partial charge in [0.2, 0.25) is 5.88 Å². The predicted molar refractivity (Wildman–Crippen MR) is 135 cm³/mol. The van der Waals surface area contributed by atoms with Gasteiger partial charge in [-0.15, -0.1) is 15.3 Å². The van der Waals surface area contributed by atoms with Crippen molar-refractivity contribution in [1.82, 2.24) is 45.2 Å². The highest BCUT2D eigenvalue weighted by Gasteiger charge is 2.23. The van der Waals surface area contributed by atoms with Gasteiger partial charge in [-0.2, -0.15) is 9.61 Å². The number of benzene rings is 2. The first-order valence-electron chi connectivity index (χ1n) is 12.2. The number of fused-ring (bicyclic) bond motifs is 1.